The maximum absolute atomic E-state index is 9.68. The van der Waals surface area contributed by atoms with Gasteiger partial charge in [0, 0.05) is 0 Å². The minimum Gasteiger partial charge on any atom is -0.361 e. The van der Waals surface area contributed by atoms with E-state index in [0.717, 1.165) is 0 Å². The molecule has 0 spiro atoms. The van der Waals surface area contributed by atoms with Crippen molar-refractivity contribution in [2.24, 2.45) is 0 Å². The molecule has 7 heavy (non-hydrogen) atoms. The lowest BCUT2D eigenvalue weighted by Crippen LogP contribution is -1.96. The van der Waals surface area contributed by atoms with Crippen LogP contribution in [0.25, 0.3) is 5.53 Å². The summed E-state index contributed by atoms with van der Waals surface area (Å²) in [4.78, 5) is 12.3. The van der Waals surface area contributed by atoms with E-state index >= 15 is 0 Å². The summed E-state index contributed by atoms with van der Waals surface area (Å²) in [6.45, 7) is 1.74. The van der Waals surface area contributed by atoms with Gasteiger partial charge in [0.2, 0.25) is 6.29 Å². The third-order valence-corrected chi connectivity index (χ3v) is 0.627. The molecule has 3 nitrogen and oxygen atoms in total. The van der Waals surface area contributed by atoms with Crippen molar-refractivity contribution in [2.75, 3.05) is 0 Å². The zero-order valence-corrected chi connectivity index (χ0v) is 4.09. The molecule has 0 aliphatic carbocycles. The predicted molar refractivity (Wildman–Crippen MR) is 25.0 cm³/mol. The fraction of sp³-hybridized carbons (Fsp3) is 0.500. The highest BCUT2D eigenvalue weighted by atomic mass is 16.1. The molecule has 0 saturated heterocycles. The molecule has 38 valence electrons. The summed E-state index contributed by atoms with van der Waals surface area (Å²) in [5.74, 6) is 0. The molecule has 0 aromatic rings. The van der Waals surface area contributed by atoms with Crippen LogP contribution >= 0.6 is 0 Å². The average Bonchev–Trinajstić information content (AvgIpc) is 1.72. The summed E-state index contributed by atoms with van der Waals surface area (Å²) in [5, 5.41) is 0. The Morgan fingerprint density at radius 1 is 2.00 bits per heavy atom. The molecular formula is C4H6N2O. The minimum absolute atomic E-state index is 0.181. The van der Waals surface area contributed by atoms with Crippen LogP contribution in [-0.2, 0) is 4.79 Å². The number of carbonyl (C=O) groups excluding carboxylic acids is 1. The second kappa shape index (κ2) is 3.25. The van der Waals surface area contributed by atoms with Gasteiger partial charge in [-0.1, -0.05) is 6.92 Å². The molecule has 0 aromatic heterocycles. The molecule has 0 unspecified atom stereocenters. The predicted octanol–water partition coefficient (Wildman–Crippen LogP) is 0.266. The molecule has 0 bridgehead atoms. The third kappa shape index (κ3) is 1.84. The summed E-state index contributed by atoms with van der Waals surface area (Å²) in [6.07, 6.45) is 1.01. The summed E-state index contributed by atoms with van der Waals surface area (Å²) < 4.78 is 0. The number of hydrogen-bond donors (Lipinski definition) is 0. The van der Waals surface area contributed by atoms with E-state index < -0.39 is 0 Å². The number of aldehydes is 1. The van der Waals surface area contributed by atoms with Crippen LogP contribution in [0.2, 0.25) is 0 Å². The van der Waals surface area contributed by atoms with Gasteiger partial charge in [-0.05, 0) is 0 Å². The standard InChI is InChI=1S/C4H6N2O/c1-2-4(3-7)6-5/h3H,2H2,1H3. The molecule has 0 saturated carbocycles. The molecular weight excluding hydrogens is 92.1 g/mol. The molecule has 0 atom stereocenters. The second-order valence-corrected chi connectivity index (χ2v) is 1.06. The van der Waals surface area contributed by atoms with Crippen LogP contribution in [-0.4, -0.2) is 16.8 Å². The largest absolute Gasteiger partial charge is 0.361 e. The van der Waals surface area contributed by atoms with Crippen molar-refractivity contribution in [1.29, 1.82) is 0 Å². The van der Waals surface area contributed by atoms with Crippen LogP contribution < -0.4 is 0 Å². The van der Waals surface area contributed by atoms with Crippen molar-refractivity contribution in [3.05, 3.63) is 5.53 Å². The second-order valence-electron chi connectivity index (χ2n) is 1.06. The molecule has 0 N–H and O–H groups in total. The van der Waals surface area contributed by atoms with E-state index in [4.69, 9.17) is 5.53 Å². The van der Waals surface area contributed by atoms with Gasteiger partial charge in [0.15, 0.2) is 0 Å². The Hall–Kier alpha value is -0.950. The van der Waals surface area contributed by atoms with Crippen LogP contribution in [0, 0.1) is 0 Å². The minimum atomic E-state index is 0.181. The van der Waals surface area contributed by atoms with Crippen molar-refractivity contribution in [2.45, 2.75) is 13.3 Å². The van der Waals surface area contributed by atoms with Gasteiger partial charge in [-0.2, -0.15) is 4.79 Å². The fourth-order valence-electron chi connectivity index (χ4n) is 0.178. The first-order valence-corrected chi connectivity index (χ1v) is 2.01. The maximum atomic E-state index is 9.68. The first kappa shape index (κ1) is 6.05. The Bertz CT molecular complexity index is 113. The highest BCUT2D eigenvalue weighted by molar-refractivity contribution is 6.25. The summed E-state index contributed by atoms with van der Waals surface area (Å²) >= 11 is 0. The number of hydrogen-bond acceptors (Lipinski definition) is 1. The number of rotatable bonds is 2. The normalized spacial score (nSPS) is 7.00. The first-order valence-electron chi connectivity index (χ1n) is 2.01. The van der Waals surface area contributed by atoms with Crippen LogP contribution in [0.15, 0.2) is 0 Å². The third-order valence-electron chi connectivity index (χ3n) is 0.627. The molecule has 0 amide bonds. The monoisotopic (exact) mass is 98.0 g/mol. The van der Waals surface area contributed by atoms with Gasteiger partial charge in [-0.3, -0.25) is 4.79 Å². The van der Waals surface area contributed by atoms with Crippen molar-refractivity contribution < 1.29 is 9.58 Å². The van der Waals surface area contributed by atoms with Crippen molar-refractivity contribution in [3.63, 3.8) is 0 Å². The Kier molecular flexibility index (Phi) is 2.81. The highest BCUT2D eigenvalue weighted by Crippen LogP contribution is 1.70. The summed E-state index contributed by atoms with van der Waals surface area (Å²) in [6, 6.07) is 0. The van der Waals surface area contributed by atoms with Crippen LogP contribution in [0.3, 0.4) is 0 Å². The van der Waals surface area contributed by atoms with Crippen LogP contribution in [0.5, 0.6) is 0 Å². The van der Waals surface area contributed by atoms with E-state index in [1.807, 2.05) is 0 Å². The Morgan fingerprint density at radius 3 is 2.57 bits per heavy atom. The first-order chi connectivity index (χ1) is 3.35. The zero-order valence-electron chi connectivity index (χ0n) is 4.09. The smallest absolute Gasteiger partial charge is 0.330 e. The molecule has 0 aromatic carbocycles. The van der Waals surface area contributed by atoms with E-state index in [-0.39, 0.29) is 5.71 Å². The van der Waals surface area contributed by atoms with Gasteiger partial charge in [-0.15, -0.1) is 0 Å². The summed E-state index contributed by atoms with van der Waals surface area (Å²) in [7, 11) is 0. The van der Waals surface area contributed by atoms with Crippen LogP contribution in [0.4, 0.5) is 0 Å². The van der Waals surface area contributed by atoms with Gasteiger partial charge in [0.1, 0.15) is 0 Å². The molecule has 0 heterocycles. The van der Waals surface area contributed by atoms with Gasteiger partial charge in [0.05, 0.1) is 6.42 Å². The van der Waals surface area contributed by atoms with Gasteiger partial charge < -0.3 is 5.53 Å². The Balaban J connectivity index is 3.86. The SMILES string of the molecule is CCC(C=O)=[N+]=[N-]. The average molecular weight is 98.1 g/mol. The molecule has 0 rings (SSSR count). The molecule has 0 aliphatic rings. The van der Waals surface area contributed by atoms with Crippen LogP contribution in [0.1, 0.15) is 13.3 Å². The Labute approximate surface area is 41.6 Å². The topological polar surface area (TPSA) is 53.5 Å². The van der Waals surface area contributed by atoms with Gasteiger partial charge in [-0.25, -0.2) is 0 Å². The van der Waals surface area contributed by atoms with Crippen molar-refractivity contribution in [3.8, 4) is 0 Å². The fourth-order valence-corrected chi connectivity index (χ4v) is 0.178. The molecule has 3 heteroatoms. The highest BCUT2D eigenvalue weighted by Gasteiger charge is 1.96. The van der Waals surface area contributed by atoms with E-state index in [1.165, 1.54) is 0 Å². The number of carbonyl (C=O) groups is 1. The molecule has 0 radical (unpaired) electrons. The summed E-state index contributed by atoms with van der Waals surface area (Å²) in [5.41, 5.74) is 8.06. The molecule has 0 aliphatic heterocycles. The van der Waals surface area contributed by atoms with Crippen molar-refractivity contribution in [1.82, 2.24) is 0 Å². The van der Waals surface area contributed by atoms with E-state index in [2.05, 4.69) is 4.79 Å². The molecule has 0 fully saturated rings. The van der Waals surface area contributed by atoms with E-state index in [1.54, 1.807) is 6.92 Å². The van der Waals surface area contributed by atoms with Gasteiger partial charge in [0.25, 0.3) is 0 Å². The Morgan fingerprint density at radius 2 is 2.57 bits per heavy atom. The lowest BCUT2D eigenvalue weighted by atomic mass is 10.3. The zero-order chi connectivity index (χ0) is 5.70. The maximum Gasteiger partial charge on any atom is 0.330 e. The number of nitrogens with zero attached hydrogens (tertiary/aromatic N) is 2. The van der Waals surface area contributed by atoms with Gasteiger partial charge >= 0.3 is 5.71 Å². The van der Waals surface area contributed by atoms with E-state index in [0.29, 0.717) is 12.7 Å². The van der Waals surface area contributed by atoms with Crippen molar-refractivity contribution >= 4 is 12.0 Å². The quantitative estimate of drug-likeness (QED) is 0.211. The lowest BCUT2D eigenvalue weighted by Gasteiger charge is -1.67. The van der Waals surface area contributed by atoms with E-state index in [9.17, 15) is 4.79 Å². The lowest BCUT2D eigenvalue weighted by molar-refractivity contribution is -0.107.